The van der Waals surface area contributed by atoms with Gasteiger partial charge in [-0.1, -0.05) is 13.3 Å². The van der Waals surface area contributed by atoms with Crippen molar-refractivity contribution in [1.29, 1.82) is 0 Å². The summed E-state index contributed by atoms with van der Waals surface area (Å²) in [6.45, 7) is 4.66. The Bertz CT molecular complexity index is 184. The van der Waals surface area contributed by atoms with Crippen LogP contribution in [0.2, 0.25) is 0 Å². The first-order valence-corrected chi connectivity index (χ1v) is 4.48. The third-order valence-corrected chi connectivity index (χ3v) is 1.67. The van der Waals surface area contributed by atoms with Crippen LogP contribution in [0.25, 0.3) is 0 Å². The molecular weight excluding hydrogens is 152 g/mol. The first-order chi connectivity index (χ1) is 5.93. The smallest absolute Gasteiger partial charge is 0.0662 e. The molecule has 0 aliphatic carbocycles. The van der Waals surface area contributed by atoms with Crippen LogP contribution in [0.3, 0.4) is 0 Å². The maximum atomic E-state index is 5.39. The van der Waals surface area contributed by atoms with Gasteiger partial charge in [0.05, 0.1) is 13.2 Å². The molecule has 1 heterocycles. The quantitative estimate of drug-likeness (QED) is 0.604. The second kappa shape index (κ2) is 5.77. The summed E-state index contributed by atoms with van der Waals surface area (Å²) in [4.78, 5) is 0. The minimum absolute atomic E-state index is 0.766. The lowest BCUT2D eigenvalue weighted by Crippen LogP contribution is -2.06. The van der Waals surface area contributed by atoms with Crippen LogP contribution in [0.15, 0.2) is 18.5 Å². The van der Waals surface area contributed by atoms with Crippen LogP contribution in [0, 0.1) is 0 Å². The molecule has 0 radical (unpaired) electrons. The Kier molecular flexibility index (Phi) is 4.46. The molecule has 0 spiro atoms. The fraction of sp³-hybridized carbons (Fsp3) is 0.667. The zero-order chi connectivity index (χ0) is 8.65. The first kappa shape index (κ1) is 9.26. The second-order valence-electron chi connectivity index (χ2n) is 2.74. The molecule has 0 amide bonds. The van der Waals surface area contributed by atoms with E-state index in [2.05, 4.69) is 12.0 Å². The maximum absolute atomic E-state index is 5.39. The molecule has 0 saturated carbocycles. The molecule has 12 heavy (non-hydrogen) atoms. The molecule has 68 valence electrons. The van der Waals surface area contributed by atoms with Crippen LogP contribution in [-0.4, -0.2) is 23.0 Å². The van der Waals surface area contributed by atoms with Crippen LogP contribution in [0.1, 0.15) is 19.8 Å². The summed E-state index contributed by atoms with van der Waals surface area (Å²) >= 11 is 0. The zero-order valence-corrected chi connectivity index (χ0v) is 7.57. The van der Waals surface area contributed by atoms with Crippen molar-refractivity contribution in [3.63, 3.8) is 0 Å². The van der Waals surface area contributed by atoms with Gasteiger partial charge in [0, 0.05) is 19.0 Å². The van der Waals surface area contributed by atoms with Crippen LogP contribution in [-0.2, 0) is 11.3 Å². The Morgan fingerprint density at radius 2 is 2.33 bits per heavy atom. The molecule has 0 aliphatic rings. The number of hydrogen-bond acceptors (Lipinski definition) is 2. The largest absolute Gasteiger partial charge is 0.380 e. The standard InChI is InChI=1S/C9H16N2O/c1-2-3-8-12-9-7-11-6-4-5-10-11/h4-6H,2-3,7-9H2,1H3. The molecule has 0 fully saturated rings. The van der Waals surface area contributed by atoms with Gasteiger partial charge >= 0.3 is 0 Å². The number of ether oxygens (including phenoxy) is 1. The predicted octanol–water partition coefficient (Wildman–Crippen LogP) is 1.70. The van der Waals surface area contributed by atoms with Gasteiger partial charge in [0.15, 0.2) is 0 Å². The number of hydrogen-bond donors (Lipinski definition) is 0. The summed E-state index contributed by atoms with van der Waals surface area (Å²) < 4.78 is 7.27. The normalized spacial score (nSPS) is 10.4. The number of rotatable bonds is 6. The lowest BCUT2D eigenvalue weighted by Gasteiger charge is -2.02. The van der Waals surface area contributed by atoms with E-state index in [9.17, 15) is 0 Å². The highest BCUT2D eigenvalue weighted by atomic mass is 16.5. The van der Waals surface area contributed by atoms with Gasteiger partial charge in [0.1, 0.15) is 0 Å². The minimum Gasteiger partial charge on any atom is -0.380 e. The van der Waals surface area contributed by atoms with E-state index in [1.165, 1.54) is 6.42 Å². The number of unbranched alkanes of at least 4 members (excludes halogenated alkanes) is 1. The van der Waals surface area contributed by atoms with Gasteiger partial charge in [-0.3, -0.25) is 4.68 Å². The lowest BCUT2D eigenvalue weighted by atomic mass is 10.4. The van der Waals surface area contributed by atoms with Crippen LogP contribution in [0.4, 0.5) is 0 Å². The van der Waals surface area contributed by atoms with Gasteiger partial charge in [-0.15, -0.1) is 0 Å². The average molecular weight is 168 g/mol. The van der Waals surface area contributed by atoms with Gasteiger partial charge in [-0.25, -0.2) is 0 Å². The monoisotopic (exact) mass is 168 g/mol. The topological polar surface area (TPSA) is 27.1 Å². The Balaban J connectivity index is 1.96. The fourth-order valence-electron chi connectivity index (χ4n) is 0.939. The molecule has 1 aromatic heterocycles. The van der Waals surface area contributed by atoms with Gasteiger partial charge in [-0.2, -0.15) is 5.10 Å². The molecule has 0 aromatic carbocycles. The van der Waals surface area contributed by atoms with Crippen molar-refractivity contribution in [3.05, 3.63) is 18.5 Å². The Morgan fingerprint density at radius 3 is 3.00 bits per heavy atom. The summed E-state index contributed by atoms with van der Waals surface area (Å²) in [6.07, 6.45) is 6.08. The van der Waals surface area contributed by atoms with Crippen LogP contribution >= 0.6 is 0 Å². The summed E-state index contributed by atoms with van der Waals surface area (Å²) in [6, 6.07) is 1.92. The maximum Gasteiger partial charge on any atom is 0.0662 e. The highest BCUT2D eigenvalue weighted by Crippen LogP contribution is 1.89. The van der Waals surface area contributed by atoms with E-state index in [0.29, 0.717) is 0 Å². The first-order valence-electron chi connectivity index (χ1n) is 4.48. The lowest BCUT2D eigenvalue weighted by molar-refractivity contribution is 0.121. The molecule has 0 bridgehead atoms. The van der Waals surface area contributed by atoms with Gasteiger partial charge in [-0.05, 0) is 12.5 Å². The van der Waals surface area contributed by atoms with Gasteiger partial charge in [0.25, 0.3) is 0 Å². The molecule has 3 heteroatoms. The molecule has 0 N–H and O–H groups in total. The van der Waals surface area contributed by atoms with Crippen molar-refractivity contribution < 1.29 is 4.74 Å². The SMILES string of the molecule is CCCCOCCn1cccn1. The Hall–Kier alpha value is -0.830. The van der Waals surface area contributed by atoms with E-state index in [4.69, 9.17) is 4.74 Å². The second-order valence-corrected chi connectivity index (χ2v) is 2.74. The molecule has 3 nitrogen and oxygen atoms in total. The third kappa shape index (κ3) is 3.53. The highest BCUT2D eigenvalue weighted by Gasteiger charge is 1.89. The summed E-state index contributed by atoms with van der Waals surface area (Å²) in [5, 5.41) is 4.07. The van der Waals surface area contributed by atoms with Crippen molar-refractivity contribution in [1.82, 2.24) is 9.78 Å². The Labute approximate surface area is 73.3 Å². The summed E-state index contributed by atoms with van der Waals surface area (Å²) in [7, 11) is 0. The molecule has 0 unspecified atom stereocenters. The van der Waals surface area contributed by atoms with Crippen LogP contribution < -0.4 is 0 Å². The van der Waals surface area contributed by atoms with E-state index in [1.54, 1.807) is 6.20 Å². The van der Waals surface area contributed by atoms with Crippen molar-refractivity contribution in [2.75, 3.05) is 13.2 Å². The zero-order valence-electron chi connectivity index (χ0n) is 7.57. The fourth-order valence-corrected chi connectivity index (χ4v) is 0.939. The Morgan fingerprint density at radius 1 is 1.42 bits per heavy atom. The van der Waals surface area contributed by atoms with Crippen molar-refractivity contribution in [3.8, 4) is 0 Å². The van der Waals surface area contributed by atoms with Gasteiger partial charge in [0.2, 0.25) is 0 Å². The third-order valence-electron chi connectivity index (χ3n) is 1.67. The van der Waals surface area contributed by atoms with Gasteiger partial charge < -0.3 is 4.74 Å². The molecule has 1 aromatic rings. The predicted molar refractivity (Wildman–Crippen MR) is 48.0 cm³/mol. The average Bonchev–Trinajstić information content (AvgIpc) is 2.57. The number of nitrogens with zero attached hydrogens (tertiary/aromatic N) is 2. The van der Waals surface area contributed by atoms with Crippen molar-refractivity contribution in [2.45, 2.75) is 26.3 Å². The molecule has 1 rings (SSSR count). The van der Waals surface area contributed by atoms with E-state index in [0.717, 1.165) is 26.2 Å². The minimum atomic E-state index is 0.766. The molecule has 0 atom stereocenters. The van der Waals surface area contributed by atoms with E-state index in [1.807, 2.05) is 16.9 Å². The highest BCUT2D eigenvalue weighted by molar-refractivity contribution is 4.77. The van der Waals surface area contributed by atoms with E-state index >= 15 is 0 Å². The molecule has 0 saturated heterocycles. The van der Waals surface area contributed by atoms with Crippen LogP contribution in [0.5, 0.6) is 0 Å². The molecule has 0 aliphatic heterocycles. The van der Waals surface area contributed by atoms with Crippen molar-refractivity contribution >= 4 is 0 Å². The summed E-state index contributed by atoms with van der Waals surface area (Å²) in [5.41, 5.74) is 0. The number of aromatic nitrogens is 2. The molecular formula is C9H16N2O. The van der Waals surface area contributed by atoms with Crippen molar-refractivity contribution in [2.24, 2.45) is 0 Å². The van der Waals surface area contributed by atoms with E-state index < -0.39 is 0 Å². The summed E-state index contributed by atoms with van der Waals surface area (Å²) in [5.74, 6) is 0. The van der Waals surface area contributed by atoms with E-state index in [-0.39, 0.29) is 0 Å².